The van der Waals surface area contributed by atoms with Crippen molar-refractivity contribution in [2.75, 3.05) is 5.75 Å². The monoisotopic (exact) mass is 176 g/mol. The van der Waals surface area contributed by atoms with Gasteiger partial charge in [0.1, 0.15) is 11.5 Å². The van der Waals surface area contributed by atoms with Gasteiger partial charge in [-0.1, -0.05) is 0 Å². The lowest BCUT2D eigenvalue weighted by atomic mass is 10.1. The van der Waals surface area contributed by atoms with Gasteiger partial charge in [-0.2, -0.15) is 0 Å². The van der Waals surface area contributed by atoms with E-state index in [1.54, 1.807) is 0 Å². The molecule has 2 nitrogen and oxygen atoms in total. The highest BCUT2D eigenvalue weighted by atomic mass is 32.2. The SMILES string of the molecule is CC(=O)[C@H]1CC(=S)[S@+]([O-])C1. The minimum atomic E-state index is -1.01. The normalized spacial score (nSPS) is 32.8. The Bertz CT molecular complexity index is 179. The quantitative estimate of drug-likeness (QED) is 0.435. The molecule has 1 aliphatic rings. The van der Waals surface area contributed by atoms with Gasteiger partial charge in [0.25, 0.3) is 0 Å². The molecular formula is C6H8O2S2. The molecule has 0 aromatic heterocycles. The maximum absolute atomic E-state index is 10.9. The Morgan fingerprint density at radius 1 is 1.90 bits per heavy atom. The van der Waals surface area contributed by atoms with Crippen LogP contribution in [0.3, 0.4) is 0 Å². The molecule has 1 rings (SSSR count). The standard InChI is InChI=1S/C6H8O2S2/c1-4(7)5-2-6(9)10(8)3-5/h5H,2-3H2,1H3/t5-,10+/m0/s1. The number of rotatable bonds is 1. The van der Waals surface area contributed by atoms with Gasteiger partial charge in [0, 0.05) is 6.42 Å². The zero-order valence-electron chi connectivity index (χ0n) is 5.62. The van der Waals surface area contributed by atoms with Gasteiger partial charge in [-0.25, -0.2) is 0 Å². The number of thiocarbonyl (C=S) groups is 1. The average Bonchev–Trinajstić information content (AvgIpc) is 2.13. The van der Waals surface area contributed by atoms with E-state index in [4.69, 9.17) is 12.2 Å². The van der Waals surface area contributed by atoms with Crippen LogP contribution in [0, 0.1) is 5.92 Å². The molecule has 0 radical (unpaired) electrons. The highest BCUT2D eigenvalue weighted by Gasteiger charge is 2.34. The first-order chi connectivity index (χ1) is 4.61. The van der Waals surface area contributed by atoms with E-state index in [2.05, 4.69) is 0 Å². The van der Waals surface area contributed by atoms with Crippen molar-refractivity contribution in [3.63, 3.8) is 0 Å². The van der Waals surface area contributed by atoms with E-state index in [0.29, 0.717) is 16.4 Å². The molecule has 1 aliphatic heterocycles. The Labute approximate surface area is 68.2 Å². The van der Waals surface area contributed by atoms with Gasteiger partial charge in [0.15, 0.2) is 4.20 Å². The molecule has 10 heavy (non-hydrogen) atoms. The van der Waals surface area contributed by atoms with Crippen LogP contribution < -0.4 is 0 Å². The molecule has 0 N–H and O–H groups in total. The maximum Gasteiger partial charge on any atom is 0.193 e. The van der Waals surface area contributed by atoms with Crippen molar-refractivity contribution >= 4 is 33.4 Å². The van der Waals surface area contributed by atoms with Crippen LogP contribution in [0.15, 0.2) is 0 Å². The Hall–Kier alpha value is 0.0700. The fourth-order valence-corrected chi connectivity index (χ4v) is 2.59. The van der Waals surface area contributed by atoms with Gasteiger partial charge in [-0.3, -0.25) is 4.79 Å². The lowest BCUT2D eigenvalue weighted by Gasteiger charge is -1.99. The molecular weight excluding hydrogens is 168 g/mol. The Morgan fingerprint density at radius 3 is 2.70 bits per heavy atom. The van der Waals surface area contributed by atoms with Gasteiger partial charge >= 0.3 is 0 Å². The zero-order chi connectivity index (χ0) is 7.72. The first-order valence-electron chi connectivity index (χ1n) is 3.03. The summed E-state index contributed by atoms with van der Waals surface area (Å²) in [6.07, 6.45) is 0.553. The highest BCUT2D eigenvalue weighted by molar-refractivity contribution is 8.17. The largest absolute Gasteiger partial charge is 0.611 e. The van der Waals surface area contributed by atoms with Gasteiger partial charge < -0.3 is 4.55 Å². The summed E-state index contributed by atoms with van der Waals surface area (Å²) < 4.78 is 11.5. The molecule has 0 aliphatic carbocycles. The van der Waals surface area contributed by atoms with Crippen molar-refractivity contribution in [1.29, 1.82) is 0 Å². The molecule has 1 heterocycles. The van der Waals surface area contributed by atoms with E-state index in [0.717, 1.165) is 0 Å². The van der Waals surface area contributed by atoms with Crippen LogP contribution in [0.1, 0.15) is 13.3 Å². The molecule has 0 aromatic carbocycles. The molecule has 1 fully saturated rings. The lowest BCUT2D eigenvalue weighted by Crippen LogP contribution is -2.12. The van der Waals surface area contributed by atoms with E-state index in [-0.39, 0.29) is 11.7 Å². The van der Waals surface area contributed by atoms with Crippen molar-refractivity contribution in [2.24, 2.45) is 5.92 Å². The van der Waals surface area contributed by atoms with Crippen molar-refractivity contribution in [3.8, 4) is 0 Å². The first-order valence-corrected chi connectivity index (χ1v) is 4.75. The molecule has 0 aromatic rings. The first kappa shape index (κ1) is 8.17. The van der Waals surface area contributed by atoms with E-state index in [9.17, 15) is 9.35 Å². The third kappa shape index (κ3) is 1.56. The summed E-state index contributed by atoms with van der Waals surface area (Å²) in [6, 6.07) is 0. The van der Waals surface area contributed by atoms with Crippen molar-refractivity contribution in [3.05, 3.63) is 0 Å². The Kier molecular flexibility index (Phi) is 2.44. The molecule has 56 valence electrons. The summed E-state index contributed by atoms with van der Waals surface area (Å²) in [5.41, 5.74) is 0. The van der Waals surface area contributed by atoms with Crippen LogP contribution in [-0.2, 0) is 16.0 Å². The second-order valence-corrected chi connectivity index (χ2v) is 4.66. The second-order valence-electron chi connectivity index (χ2n) is 2.40. The predicted molar refractivity (Wildman–Crippen MR) is 44.4 cm³/mol. The highest BCUT2D eigenvalue weighted by Crippen LogP contribution is 2.21. The van der Waals surface area contributed by atoms with Crippen molar-refractivity contribution in [1.82, 2.24) is 0 Å². The van der Waals surface area contributed by atoms with Gasteiger partial charge in [0.05, 0.1) is 5.92 Å². The summed E-state index contributed by atoms with van der Waals surface area (Å²) in [7, 11) is 0. The second kappa shape index (κ2) is 2.98. The summed E-state index contributed by atoms with van der Waals surface area (Å²) in [5, 5.41) is 0. The molecule has 1 saturated heterocycles. The Balaban J connectivity index is 2.57. The maximum atomic E-state index is 10.9. The molecule has 0 spiro atoms. The topological polar surface area (TPSA) is 40.1 Å². The number of ketones is 1. The minimum Gasteiger partial charge on any atom is -0.611 e. The molecule has 0 bridgehead atoms. The molecule has 4 heteroatoms. The van der Waals surface area contributed by atoms with Crippen LogP contribution in [0.4, 0.5) is 0 Å². The van der Waals surface area contributed by atoms with Crippen LogP contribution in [0.25, 0.3) is 0 Å². The number of carbonyl (C=O) groups is 1. The van der Waals surface area contributed by atoms with E-state index >= 15 is 0 Å². The lowest BCUT2D eigenvalue weighted by molar-refractivity contribution is -0.119. The molecule has 0 unspecified atom stereocenters. The number of carbonyl (C=O) groups excluding carboxylic acids is 1. The van der Waals surface area contributed by atoms with Crippen LogP contribution in [-0.4, -0.2) is 20.3 Å². The van der Waals surface area contributed by atoms with E-state index in [1.807, 2.05) is 0 Å². The van der Waals surface area contributed by atoms with Crippen LogP contribution in [0.5, 0.6) is 0 Å². The smallest absolute Gasteiger partial charge is 0.193 e. The van der Waals surface area contributed by atoms with E-state index < -0.39 is 11.2 Å². The van der Waals surface area contributed by atoms with Crippen LogP contribution in [0.2, 0.25) is 0 Å². The summed E-state index contributed by atoms with van der Waals surface area (Å²) in [5.74, 6) is 0.496. The number of hydrogen-bond donors (Lipinski definition) is 0. The van der Waals surface area contributed by atoms with Crippen LogP contribution >= 0.6 is 12.2 Å². The third-order valence-corrected chi connectivity index (χ3v) is 3.70. The fraction of sp³-hybridized carbons (Fsp3) is 0.667. The van der Waals surface area contributed by atoms with Gasteiger partial charge in [-0.05, 0) is 30.3 Å². The molecule has 2 atom stereocenters. The fourth-order valence-electron chi connectivity index (χ4n) is 0.890. The summed E-state index contributed by atoms with van der Waals surface area (Å²) in [6.45, 7) is 1.52. The number of Topliss-reactive ketones (excluding diaryl/α,β-unsaturated/α-hetero) is 1. The molecule has 0 saturated carbocycles. The van der Waals surface area contributed by atoms with Crippen molar-refractivity contribution < 1.29 is 9.35 Å². The zero-order valence-corrected chi connectivity index (χ0v) is 7.26. The minimum absolute atomic E-state index is 0.0617. The van der Waals surface area contributed by atoms with E-state index in [1.165, 1.54) is 6.92 Å². The number of hydrogen-bond acceptors (Lipinski definition) is 3. The third-order valence-electron chi connectivity index (χ3n) is 1.59. The Morgan fingerprint density at radius 2 is 2.50 bits per heavy atom. The van der Waals surface area contributed by atoms with Gasteiger partial charge in [0.2, 0.25) is 0 Å². The van der Waals surface area contributed by atoms with Crippen molar-refractivity contribution in [2.45, 2.75) is 13.3 Å². The average molecular weight is 176 g/mol. The molecule has 0 amide bonds. The summed E-state index contributed by atoms with van der Waals surface area (Å²) in [4.78, 5) is 10.7. The predicted octanol–water partition coefficient (Wildman–Crippen LogP) is 0.671. The van der Waals surface area contributed by atoms with Gasteiger partial charge in [-0.15, -0.1) is 0 Å². The summed E-state index contributed by atoms with van der Waals surface area (Å²) >= 11 is 3.78.